The van der Waals surface area contributed by atoms with Gasteiger partial charge in [-0.3, -0.25) is 4.79 Å². The largest absolute Gasteiger partial charge is 0.294 e. The molecular formula is C25H24O. The van der Waals surface area contributed by atoms with Gasteiger partial charge in [-0.15, -0.1) is 0 Å². The Balaban J connectivity index is 1.87. The maximum absolute atomic E-state index is 12.6. The number of carbonyl (C=O) groups is 1. The SMILES string of the molecule is Cc1ccc(C)c(-c2ccc3c(c2)C(c2cc(C)ccc2C)CC3=O)c1. The lowest BCUT2D eigenvalue weighted by molar-refractivity contribution is 0.0991. The number of benzene rings is 3. The highest BCUT2D eigenvalue weighted by atomic mass is 16.1. The van der Waals surface area contributed by atoms with Crippen LogP contribution >= 0.6 is 0 Å². The molecule has 0 aliphatic heterocycles. The van der Waals surface area contributed by atoms with Crippen molar-refractivity contribution in [1.82, 2.24) is 0 Å². The van der Waals surface area contributed by atoms with E-state index < -0.39 is 0 Å². The van der Waals surface area contributed by atoms with E-state index >= 15 is 0 Å². The summed E-state index contributed by atoms with van der Waals surface area (Å²) in [5, 5.41) is 0. The summed E-state index contributed by atoms with van der Waals surface area (Å²) in [6, 6.07) is 19.5. The lowest BCUT2D eigenvalue weighted by atomic mass is 9.87. The monoisotopic (exact) mass is 340 g/mol. The summed E-state index contributed by atoms with van der Waals surface area (Å²) >= 11 is 0. The summed E-state index contributed by atoms with van der Waals surface area (Å²) in [6.07, 6.45) is 0.579. The van der Waals surface area contributed by atoms with Crippen LogP contribution in [0.1, 0.15) is 56.1 Å². The van der Waals surface area contributed by atoms with Crippen LogP contribution in [-0.2, 0) is 0 Å². The molecule has 0 spiro atoms. The van der Waals surface area contributed by atoms with Gasteiger partial charge in [-0.25, -0.2) is 0 Å². The number of hydrogen-bond donors (Lipinski definition) is 0. The van der Waals surface area contributed by atoms with Crippen LogP contribution in [0, 0.1) is 27.7 Å². The van der Waals surface area contributed by atoms with E-state index in [4.69, 9.17) is 0 Å². The van der Waals surface area contributed by atoms with Crippen molar-refractivity contribution >= 4 is 5.78 Å². The molecule has 0 saturated heterocycles. The molecule has 1 unspecified atom stereocenters. The summed E-state index contributed by atoms with van der Waals surface area (Å²) in [4.78, 5) is 12.6. The van der Waals surface area contributed by atoms with Crippen molar-refractivity contribution in [1.29, 1.82) is 0 Å². The Hall–Kier alpha value is -2.67. The van der Waals surface area contributed by atoms with Gasteiger partial charge < -0.3 is 0 Å². The molecule has 0 N–H and O–H groups in total. The van der Waals surface area contributed by atoms with Gasteiger partial charge in [-0.05, 0) is 67.1 Å². The van der Waals surface area contributed by atoms with Crippen LogP contribution in [0.25, 0.3) is 11.1 Å². The molecule has 1 nitrogen and oxygen atoms in total. The van der Waals surface area contributed by atoms with Crippen LogP contribution in [0.5, 0.6) is 0 Å². The Morgan fingerprint density at radius 3 is 2.15 bits per heavy atom. The first-order chi connectivity index (χ1) is 12.4. The molecule has 4 rings (SSSR count). The molecule has 26 heavy (non-hydrogen) atoms. The third-order valence-corrected chi connectivity index (χ3v) is 5.63. The average Bonchev–Trinajstić information content (AvgIpc) is 2.95. The zero-order chi connectivity index (χ0) is 18.4. The van der Waals surface area contributed by atoms with Gasteiger partial charge in [0.15, 0.2) is 5.78 Å². The van der Waals surface area contributed by atoms with Crippen molar-refractivity contribution in [3.05, 3.63) is 93.5 Å². The van der Waals surface area contributed by atoms with Crippen LogP contribution in [-0.4, -0.2) is 5.78 Å². The molecule has 1 aliphatic rings. The minimum absolute atomic E-state index is 0.169. The van der Waals surface area contributed by atoms with Gasteiger partial charge in [0.25, 0.3) is 0 Å². The fraction of sp³-hybridized carbons (Fsp3) is 0.240. The molecular weight excluding hydrogens is 316 g/mol. The van der Waals surface area contributed by atoms with Crippen molar-refractivity contribution in [3.63, 3.8) is 0 Å². The zero-order valence-corrected chi connectivity index (χ0v) is 15.9. The number of ketones is 1. The third-order valence-electron chi connectivity index (χ3n) is 5.63. The molecule has 0 amide bonds. The number of Topliss-reactive ketones (excluding diaryl/α,β-unsaturated/α-hetero) is 1. The third kappa shape index (κ3) is 2.78. The fourth-order valence-corrected chi connectivity index (χ4v) is 4.14. The van der Waals surface area contributed by atoms with Gasteiger partial charge in [0.2, 0.25) is 0 Å². The molecule has 0 heterocycles. The van der Waals surface area contributed by atoms with Crippen LogP contribution < -0.4 is 0 Å². The van der Waals surface area contributed by atoms with E-state index in [9.17, 15) is 4.79 Å². The van der Waals surface area contributed by atoms with E-state index in [1.807, 2.05) is 6.07 Å². The second-order valence-corrected chi connectivity index (χ2v) is 7.66. The summed E-state index contributed by atoms with van der Waals surface area (Å²) in [5.74, 6) is 0.431. The van der Waals surface area contributed by atoms with Gasteiger partial charge in [0, 0.05) is 17.9 Å². The van der Waals surface area contributed by atoms with Gasteiger partial charge in [0.1, 0.15) is 0 Å². The molecule has 0 radical (unpaired) electrons. The van der Waals surface area contributed by atoms with Crippen molar-refractivity contribution in [2.45, 2.75) is 40.0 Å². The first kappa shape index (κ1) is 16.8. The topological polar surface area (TPSA) is 17.1 Å². The Labute approximate surface area is 155 Å². The number of fused-ring (bicyclic) bond motifs is 1. The van der Waals surface area contributed by atoms with E-state index in [1.54, 1.807) is 0 Å². The van der Waals surface area contributed by atoms with Crippen molar-refractivity contribution in [3.8, 4) is 11.1 Å². The number of hydrogen-bond acceptors (Lipinski definition) is 1. The highest BCUT2D eigenvalue weighted by Gasteiger charge is 2.31. The van der Waals surface area contributed by atoms with Gasteiger partial charge in [-0.2, -0.15) is 0 Å². The Morgan fingerprint density at radius 1 is 0.692 bits per heavy atom. The molecule has 1 atom stereocenters. The van der Waals surface area contributed by atoms with Crippen LogP contribution in [0.15, 0.2) is 54.6 Å². The normalized spacial score (nSPS) is 16.0. The maximum atomic E-state index is 12.6. The highest BCUT2D eigenvalue weighted by Crippen LogP contribution is 2.41. The Bertz CT molecular complexity index is 1030. The lowest BCUT2D eigenvalue weighted by Crippen LogP contribution is -2.00. The highest BCUT2D eigenvalue weighted by molar-refractivity contribution is 6.02. The molecule has 0 saturated carbocycles. The van der Waals surface area contributed by atoms with Gasteiger partial charge in [-0.1, -0.05) is 59.7 Å². The first-order valence-electron chi connectivity index (χ1n) is 9.26. The second kappa shape index (κ2) is 6.25. The summed E-state index contributed by atoms with van der Waals surface area (Å²) < 4.78 is 0. The zero-order valence-electron chi connectivity index (χ0n) is 15.9. The Kier molecular flexibility index (Phi) is 4.03. The summed E-state index contributed by atoms with van der Waals surface area (Å²) in [5.41, 5.74) is 10.9. The molecule has 0 aromatic heterocycles. The first-order valence-corrected chi connectivity index (χ1v) is 9.26. The van der Waals surface area contributed by atoms with Gasteiger partial charge >= 0.3 is 0 Å². The molecule has 1 heteroatoms. The van der Waals surface area contributed by atoms with Crippen LogP contribution in [0.2, 0.25) is 0 Å². The molecule has 3 aromatic carbocycles. The standard InChI is InChI=1S/C25H24O/c1-15-5-7-17(3)21(11-15)19-9-10-20-23(13-19)24(14-25(20)26)22-12-16(2)6-8-18(22)4/h5-13,24H,14H2,1-4H3. The Morgan fingerprint density at radius 2 is 1.38 bits per heavy atom. The predicted molar refractivity (Wildman–Crippen MR) is 108 cm³/mol. The van der Waals surface area contributed by atoms with E-state index in [0.29, 0.717) is 6.42 Å². The van der Waals surface area contributed by atoms with Crippen molar-refractivity contribution < 1.29 is 4.79 Å². The quantitative estimate of drug-likeness (QED) is 0.534. The van der Waals surface area contributed by atoms with Crippen molar-refractivity contribution in [2.24, 2.45) is 0 Å². The molecule has 130 valence electrons. The minimum Gasteiger partial charge on any atom is -0.294 e. The minimum atomic E-state index is 0.169. The van der Waals surface area contributed by atoms with E-state index in [0.717, 1.165) is 5.56 Å². The van der Waals surface area contributed by atoms with E-state index in [2.05, 4.69) is 76.2 Å². The molecule has 1 aliphatic carbocycles. The summed E-state index contributed by atoms with van der Waals surface area (Å²) in [7, 11) is 0. The predicted octanol–water partition coefficient (Wildman–Crippen LogP) is 6.31. The molecule has 0 bridgehead atoms. The van der Waals surface area contributed by atoms with E-state index in [1.165, 1.54) is 44.5 Å². The van der Waals surface area contributed by atoms with Crippen LogP contribution in [0.3, 0.4) is 0 Å². The molecule has 0 fully saturated rings. The smallest absolute Gasteiger partial charge is 0.164 e. The lowest BCUT2D eigenvalue weighted by Gasteiger charge is -2.17. The molecule has 3 aromatic rings. The number of rotatable bonds is 2. The average molecular weight is 340 g/mol. The van der Waals surface area contributed by atoms with Crippen molar-refractivity contribution in [2.75, 3.05) is 0 Å². The second-order valence-electron chi connectivity index (χ2n) is 7.66. The summed E-state index contributed by atoms with van der Waals surface area (Å²) in [6.45, 7) is 8.53. The maximum Gasteiger partial charge on any atom is 0.164 e. The fourth-order valence-electron chi connectivity index (χ4n) is 4.14. The number of aryl methyl sites for hydroxylation is 4. The van der Waals surface area contributed by atoms with E-state index in [-0.39, 0.29) is 11.7 Å². The number of carbonyl (C=O) groups excluding carboxylic acids is 1. The van der Waals surface area contributed by atoms with Gasteiger partial charge in [0.05, 0.1) is 0 Å². The van der Waals surface area contributed by atoms with Crippen LogP contribution in [0.4, 0.5) is 0 Å².